The van der Waals surface area contributed by atoms with Gasteiger partial charge < -0.3 is 23.8 Å². The van der Waals surface area contributed by atoms with Crippen molar-refractivity contribution in [2.75, 3.05) is 31.1 Å². The topological polar surface area (TPSA) is 111 Å². The molecule has 1 fully saturated rings. The van der Waals surface area contributed by atoms with Crippen LogP contribution < -0.4 is 9.64 Å². The van der Waals surface area contributed by atoms with Crippen molar-refractivity contribution in [3.8, 4) is 5.75 Å². The Bertz CT molecular complexity index is 1120. The summed E-state index contributed by atoms with van der Waals surface area (Å²) in [5, 5.41) is 3.91. The molecular formula is C24H27N5O5. The lowest BCUT2D eigenvalue weighted by atomic mass is 10.2. The first kappa shape index (κ1) is 23.2. The zero-order valence-corrected chi connectivity index (χ0v) is 19.4. The minimum absolute atomic E-state index is 0.204. The van der Waals surface area contributed by atoms with E-state index in [9.17, 15) is 9.59 Å². The van der Waals surface area contributed by atoms with Crippen LogP contribution in [-0.4, -0.2) is 64.2 Å². The zero-order chi connectivity index (χ0) is 24.1. The van der Waals surface area contributed by atoms with E-state index in [1.54, 1.807) is 61.5 Å². The van der Waals surface area contributed by atoms with Crippen LogP contribution in [0.5, 0.6) is 5.75 Å². The van der Waals surface area contributed by atoms with E-state index in [-0.39, 0.29) is 18.1 Å². The largest absolute Gasteiger partial charge is 0.488 e. The summed E-state index contributed by atoms with van der Waals surface area (Å²) < 4.78 is 16.5. The number of nitrogens with zero attached hydrogens (tertiary/aromatic N) is 5. The minimum Gasteiger partial charge on any atom is -0.488 e. The standard InChI is InChI=1S/C24H27N5O5/c1-16-20(17(2)34-27-16)15-32-21-8-5-4-7-19(21)23(31)33-18(3)22(30)28-11-13-29(14-12-28)24-25-9-6-10-26-24/h4-10,18H,11-15H2,1-3H3. The summed E-state index contributed by atoms with van der Waals surface area (Å²) in [7, 11) is 0. The van der Waals surface area contributed by atoms with E-state index in [1.165, 1.54) is 0 Å². The summed E-state index contributed by atoms with van der Waals surface area (Å²) in [5.74, 6) is 0.809. The van der Waals surface area contributed by atoms with E-state index < -0.39 is 12.1 Å². The monoisotopic (exact) mass is 465 g/mol. The van der Waals surface area contributed by atoms with Crippen molar-refractivity contribution < 1.29 is 23.6 Å². The molecule has 178 valence electrons. The van der Waals surface area contributed by atoms with E-state index in [0.717, 1.165) is 11.3 Å². The van der Waals surface area contributed by atoms with Crippen LogP contribution in [0.15, 0.2) is 47.2 Å². The van der Waals surface area contributed by atoms with Gasteiger partial charge in [-0.15, -0.1) is 0 Å². The van der Waals surface area contributed by atoms with Crippen LogP contribution in [0.25, 0.3) is 0 Å². The van der Waals surface area contributed by atoms with Gasteiger partial charge in [0, 0.05) is 38.6 Å². The Hall–Kier alpha value is -3.95. The van der Waals surface area contributed by atoms with Gasteiger partial charge >= 0.3 is 5.97 Å². The van der Waals surface area contributed by atoms with Crippen molar-refractivity contribution >= 4 is 17.8 Å². The molecule has 0 radical (unpaired) electrons. The molecule has 0 aliphatic carbocycles. The predicted octanol–water partition coefficient (Wildman–Crippen LogP) is 2.55. The van der Waals surface area contributed by atoms with Gasteiger partial charge in [-0.3, -0.25) is 4.79 Å². The van der Waals surface area contributed by atoms with Gasteiger partial charge in [0.05, 0.1) is 11.3 Å². The predicted molar refractivity (Wildman–Crippen MR) is 122 cm³/mol. The number of hydrogen-bond donors (Lipinski definition) is 0. The summed E-state index contributed by atoms with van der Waals surface area (Å²) in [6.07, 6.45) is 2.46. The van der Waals surface area contributed by atoms with Crippen molar-refractivity contribution in [2.45, 2.75) is 33.5 Å². The van der Waals surface area contributed by atoms with Gasteiger partial charge in [0.15, 0.2) is 6.10 Å². The number of aromatic nitrogens is 3. The number of anilines is 1. The molecule has 10 heteroatoms. The first-order valence-corrected chi connectivity index (χ1v) is 11.1. The van der Waals surface area contributed by atoms with Crippen LogP contribution in [0, 0.1) is 13.8 Å². The van der Waals surface area contributed by atoms with E-state index in [0.29, 0.717) is 43.6 Å². The second-order valence-electron chi connectivity index (χ2n) is 8.00. The molecule has 1 saturated heterocycles. The number of amides is 1. The second-order valence-corrected chi connectivity index (χ2v) is 8.00. The average molecular weight is 466 g/mol. The summed E-state index contributed by atoms with van der Waals surface area (Å²) in [6.45, 7) is 7.62. The van der Waals surface area contributed by atoms with Crippen molar-refractivity contribution in [3.05, 3.63) is 65.3 Å². The highest BCUT2D eigenvalue weighted by atomic mass is 16.6. The molecule has 3 heterocycles. The van der Waals surface area contributed by atoms with Crippen molar-refractivity contribution in [2.24, 2.45) is 0 Å². The van der Waals surface area contributed by atoms with Crippen LogP contribution in [0.2, 0.25) is 0 Å². The third-order valence-corrected chi connectivity index (χ3v) is 5.72. The molecule has 4 rings (SSSR count). The average Bonchev–Trinajstić information content (AvgIpc) is 3.19. The van der Waals surface area contributed by atoms with E-state index >= 15 is 0 Å². The second kappa shape index (κ2) is 10.3. The van der Waals surface area contributed by atoms with Crippen molar-refractivity contribution in [1.82, 2.24) is 20.0 Å². The van der Waals surface area contributed by atoms with Crippen molar-refractivity contribution in [1.29, 1.82) is 0 Å². The number of rotatable bonds is 7. The van der Waals surface area contributed by atoms with Gasteiger partial charge in [0.2, 0.25) is 5.95 Å². The molecule has 3 aromatic rings. The van der Waals surface area contributed by atoms with Gasteiger partial charge in [-0.05, 0) is 39.0 Å². The molecule has 1 aliphatic rings. The Morgan fingerprint density at radius 2 is 1.76 bits per heavy atom. The fourth-order valence-electron chi connectivity index (χ4n) is 3.73. The Morgan fingerprint density at radius 3 is 2.44 bits per heavy atom. The lowest BCUT2D eigenvalue weighted by Crippen LogP contribution is -2.52. The van der Waals surface area contributed by atoms with Crippen LogP contribution in [-0.2, 0) is 16.1 Å². The summed E-state index contributed by atoms with van der Waals surface area (Å²) in [5.41, 5.74) is 1.81. The lowest BCUT2D eigenvalue weighted by Gasteiger charge is -2.35. The maximum Gasteiger partial charge on any atom is 0.342 e. The number of para-hydroxylation sites is 1. The van der Waals surface area contributed by atoms with E-state index in [1.807, 2.05) is 11.8 Å². The number of aryl methyl sites for hydroxylation is 2. The molecule has 0 bridgehead atoms. The molecule has 1 atom stereocenters. The summed E-state index contributed by atoms with van der Waals surface area (Å²) >= 11 is 0. The molecule has 2 aromatic heterocycles. The number of carbonyl (C=O) groups is 2. The molecule has 1 aromatic carbocycles. The van der Waals surface area contributed by atoms with Crippen LogP contribution >= 0.6 is 0 Å². The molecule has 0 saturated carbocycles. The molecular weight excluding hydrogens is 438 g/mol. The van der Waals surface area contributed by atoms with E-state index in [4.69, 9.17) is 14.0 Å². The third-order valence-electron chi connectivity index (χ3n) is 5.72. The molecule has 1 unspecified atom stereocenters. The van der Waals surface area contributed by atoms with Crippen molar-refractivity contribution in [3.63, 3.8) is 0 Å². The maximum atomic E-state index is 12.9. The number of carbonyl (C=O) groups excluding carboxylic acids is 2. The quantitative estimate of drug-likeness (QED) is 0.486. The number of esters is 1. The Labute approximate surface area is 197 Å². The van der Waals surface area contributed by atoms with Gasteiger partial charge in [-0.1, -0.05) is 17.3 Å². The molecule has 0 spiro atoms. The smallest absolute Gasteiger partial charge is 0.342 e. The van der Waals surface area contributed by atoms with Gasteiger partial charge in [-0.2, -0.15) is 0 Å². The SMILES string of the molecule is Cc1noc(C)c1COc1ccccc1C(=O)OC(C)C(=O)N1CCN(c2ncccn2)CC1. The van der Waals surface area contributed by atoms with E-state index in [2.05, 4.69) is 15.1 Å². The third kappa shape index (κ3) is 5.16. The van der Waals surface area contributed by atoms with Crippen LogP contribution in [0.1, 0.15) is 34.3 Å². The Morgan fingerprint density at radius 1 is 1.06 bits per heavy atom. The van der Waals surface area contributed by atoms with Gasteiger partial charge in [0.1, 0.15) is 23.7 Å². The fraction of sp³-hybridized carbons (Fsp3) is 0.375. The highest BCUT2D eigenvalue weighted by Gasteiger charge is 2.29. The maximum absolute atomic E-state index is 12.9. The Kier molecular flexibility index (Phi) is 7.05. The minimum atomic E-state index is -0.928. The molecule has 1 aliphatic heterocycles. The highest BCUT2D eigenvalue weighted by Crippen LogP contribution is 2.23. The zero-order valence-electron chi connectivity index (χ0n) is 19.4. The number of hydrogen-bond acceptors (Lipinski definition) is 9. The van der Waals surface area contributed by atoms with Gasteiger partial charge in [-0.25, -0.2) is 14.8 Å². The molecule has 34 heavy (non-hydrogen) atoms. The van der Waals surface area contributed by atoms with Crippen LogP contribution in [0.3, 0.4) is 0 Å². The lowest BCUT2D eigenvalue weighted by molar-refractivity contribution is -0.140. The fourth-order valence-corrected chi connectivity index (χ4v) is 3.73. The summed E-state index contributed by atoms with van der Waals surface area (Å²) in [4.78, 5) is 38.0. The van der Waals surface area contributed by atoms with Crippen LogP contribution in [0.4, 0.5) is 5.95 Å². The number of benzene rings is 1. The Balaban J connectivity index is 1.34. The highest BCUT2D eigenvalue weighted by molar-refractivity contribution is 5.94. The number of piperazine rings is 1. The first-order valence-electron chi connectivity index (χ1n) is 11.1. The normalized spacial score (nSPS) is 14.6. The molecule has 10 nitrogen and oxygen atoms in total. The summed E-state index contributed by atoms with van der Waals surface area (Å²) in [6, 6.07) is 8.55. The first-order chi connectivity index (χ1) is 16.4. The molecule has 1 amide bonds. The molecule has 0 N–H and O–H groups in total. The van der Waals surface area contributed by atoms with Gasteiger partial charge in [0.25, 0.3) is 5.91 Å². The number of ether oxygens (including phenoxy) is 2.